The Labute approximate surface area is 341 Å². The molecule has 10 heteroatoms. The van der Waals surface area contributed by atoms with E-state index in [-0.39, 0.29) is 47.9 Å². The summed E-state index contributed by atoms with van der Waals surface area (Å²) in [6, 6.07) is 32.0. The van der Waals surface area contributed by atoms with Gasteiger partial charge in [-0.05, 0) is 92.3 Å². The summed E-state index contributed by atoms with van der Waals surface area (Å²) in [4.78, 5) is 38.4. The number of rotatable bonds is 10. The number of para-hydroxylation sites is 2. The van der Waals surface area contributed by atoms with Crippen molar-refractivity contribution in [1.82, 2.24) is 25.5 Å². The number of ether oxygens (including phenoxy) is 2. The standard InChI is InChI=1S/C48H55N5O5/c1-48(2,3)52-46(56)43-25-24-33-10-5-9-15-42(33)53(43)29-37-26-44(34-18-16-31(30-54)17-19-34)58-47(57-37)35-22-20-32(21-23-35)38-12-6-4-11-36(38)27-50-45(55)41-28-49-39-13-7-8-14-40(39)51-41/h4,6-8,11-14,16-23,28,33,37,42-44,47,54H,5,9-10,15,24-27,29-30H2,1-3H3,(H,50,55)(H,52,56)/t33-,37+,42-,43-,44-,47-/m1/s1. The largest absolute Gasteiger partial charge is 0.392 e. The number of fused-ring (bicyclic) bond motifs is 2. The molecule has 3 heterocycles. The summed E-state index contributed by atoms with van der Waals surface area (Å²) in [7, 11) is 0. The number of benzene rings is 4. The van der Waals surface area contributed by atoms with Gasteiger partial charge in [0.15, 0.2) is 6.29 Å². The van der Waals surface area contributed by atoms with Gasteiger partial charge in [-0.2, -0.15) is 0 Å². The fourth-order valence-electron chi connectivity index (χ4n) is 9.10. The van der Waals surface area contributed by atoms with Gasteiger partial charge in [-0.15, -0.1) is 0 Å². The number of carbonyl (C=O) groups excluding carboxylic acids is 2. The zero-order valence-electron chi connectivity index (χ0n) is 33.8. The highest BCUT2D eigenvalue weighted by Gasteiger charge is 2.44. The number of nitrogens with zero attached hydrogens (tertiary/aromatic N) is 3. The van der Waals surface area contributed by atoms with Crippen LogP contribution in [0, 0.1) is 5.92 Å². The predicted octanol–water partition coefficient (Wildman–Crippen LogP) is 8.20. The lowest BCUT2D eigenvalue weighted by atomic mass is 9.75. The molecule has 8 rings (SSSR count). The molecule has 6 atom stereocenters. The van der Waals surface area contributed by atoms with Crippen molar-refractivity contribution in [3.8, 4) is 11.1 Å². The van der Waals surface area contributed by atoms with Crippen LogP contribution in [0.5, 0.6) is 0 Å². The van der Waals surface area contributed by atoms with Crippen LogP contribution >= 0.6 is 0 Å². The Morgan fingerprint density at radius 3 is 2.33 bits per heavy atom. The van der Waals surface area contributed by atoms with Gasteiger partial charge < -0.3 is 25.2 Å². The summed E-state index contributed by atoms with van der Waals surface area (Å²) in [5, 5.41) is 16.1. The molecule has 2 aliphatic heterocycles. The Balaban J connectivity index is 1.02. The number of aliphatic hydroxyl groups excluding tert-OH is 1. The average molecular weight is 782 g/mol. The number of amides is 2. The van der Waals surface area contributed by atoms with E-state index in [0.717, 1.165) is 58.2 Å². The molecule has 1 saturated carbocycles. The van der Waals surface area contributed by atoms with E-state index in [4.69, 9.17) is 9.47 Å². The van der Waals surface area contributed by atoms with Crippen molar-refractivity contribution < 1.29 is 24.2 Å². The summed E-state index contributed by atoms with van der Waals surface area (Å²) in [6.07, 6.45) is 7.82. The fraction of sp³-hybridized carbons (Fsp3) is 0.417. The molecule has 2 amide bonds. The third-order valence-corrected chi connectivity index (χ3v) is 12.0. The zero-order chi connectivity index (χ0) is 40.2. The topological polar surface area (TPSA) is 126 Å². The second-order valence-corrected chi connectivity index (χ2v) is 17.2. The van der Waals surface area contributed by atoms with E-state index in [0.29, 0.717) is 37.0 Å². The number of likely N-dealkylation sites (tertiary alicyclic amines) is 1. The molecule has 3 N–H and O–H groups in total. The number of aromatic nitrogens is 2. The number of piperidine rings is 1. The van der Waals surface area contributed by atoms with Crippen LogP contribution in [0.3, 0.4) is 0 Å². The maximum Gasteiger partial charge on any atom is 0.271 e. The first-order valence-corrected chi connectivity index (χ1v) is 20.9. The highest BCUT2D eigenvalue weighted by atomic mass is 16.7. The smallest absolute Gasteiger partial charge is 0.271 e. The molecule has 0 radical (unpaired) electrons. The van der Waals surface area contributed by atoms with Gasteiger partial charge in [0.05, 0.1) is 42.1 Å². The number of aliphatic hydroxyl groups is 1. The lowest BCUT2D eigenvalue weighted by molar-refractivity contribution is -0.255. The maximum absolute atomic E-state index is 13.9. The first kappa shape index (κ1) is 39.8. The monoisotopic (exact) mass is 781 g/mol. The lowest BCUT2D eigenvalue weighted by Crippen LogP contribution is -2.61. The third kappa shape index (κ3) is 9.16. The van der Waals surface area contributed by atoms with Gasteiger partial charge in [0.1, 0.15) is 5.69 Å². The van der Waals surface area contributed by atoms with Gasteiger partial charge in [0.2, 0.25) is 5.91 Å². The Morgan fingerprint density at radius 2 is 1.55 bits per heavy atom. The highest BCUT2D eigenvalue weighted by molar-refractivity contribution is 5.93. The van der Waals surface area contributed by atoms with Crippen molar-refractivity contribution in [1.29, 1.82) is 0 Å². The molecule has 0 spiro atoms. The average Bonchev–Trinajstić information content (AvgIpc) is 3.25. The first-order chi connectivity index (χ1) is 28.1. The fourth-order valence-corrected chi connectivity index (χ4v) is 9.10. The molecule has 58 heavy (non-hydrogen) atoms. The molecule has 2 saturated heterocycles. The van der Waals surface area contributed by atoms with Crippen LogP contribution in [-0.2, 0) is 27.4 Å². The van der Waals surface area contributed by atoms with E-state index in [1.807, 2.05) is 87.5 Å². The number of nitrogens with one attached hydrogen (secondary N) is 2. The molecule has 3 aliphatic rings. The summed E-state index contributed by atoms with van der Waals surface area (Å²) in [5.41, 5.74) is 7.17. The van der Waals surface area contributed by atoms with Gasteiger partial charge >= 0.3 is 0 Å². The van der Waals surface area contributed by atoms with Crippen LogP contribution in [0.15, 0.2) is 103 Å². The minimum absolute atomic E-state index is 0.0172. The Bertz CT molecular complexity index is 2200. The van der Waals surface area contributed by atoms with Crippen LogP contribution in [0.25, 0.3) is 22.2 Å². The molecule has 10 nitrogen and oxygen atoms in total. The normalized spacial score (nSPS) is 23.9. The molecule has 1 aliphatic carbocycles. The number of hydrogen-bond acceptors (Lipinski definition) is 8. The Hall–Kier alpha value is -5.00. The molecule has 0 unspecified atom stereocenters. The van der Waals surface area contributed by atoms with E-state index in [9.17, 15) is 14.7 Å². The van der Waals surface area contributed by atoms with Gasteiger partial charge in [-0.25, -0.2) is 4.98 Å². The summed E-state index contributed by atoms with van der Waals surface area (Å²) in [6.45, 7) is 7.10. The van der Waals surface area contributed by atoms with Gasteiger partial charge in [0, 0.05) is 36.7 Å². The van der Waals surface area contributed by atoms with Gasteiger partial charge in [0.25, 0.3) is 5.91 Å². The Morgan fingerprint density at radius 1 is 0.828 bits per heavy atom. The minimum atomic E-state index is -0.623. The van der Waals surface area contributed by atoms with E-state index in [1.54, 1.807) is 0 Å². The lowest BCUT2D eigenvalue weighted by Gasteiger charge is -2.50. The first-order valence-electron chi connectivity index (χ1n) is 20.9. The van der Waals surface area contributed by atoms with Gasteiger partial charge in [-0.3, -0.25) is 19.5 Å². The van der Waals surface area contributed by atoms with E-state index >= 15 is 0 Å². The molecular weight excluding hydrogens is 727 g/mol. The zero-order valence-corrected chi connectivity index (χ0v) is 33.8. The van der Waals surface area contributed by atoms with Crippen LogP contribution in [0.4, 0.5) is 0 Å². The summed E-state index contributed by atoms with van der Waals surface area (Å²) >= 11 is 0. The molecule has 5 aromatic rings. The number of hydrogen-bond donors (Lipinski definition) is 3. The second-order valence-electron chi connectivity index (χ2n) is 17.2. The van der Waals surface area contributed by atoms with E-state index in [2.05, 4.69) is 55.8 Å². The third-order valence-electron chi connectivity index (χ3n) is 12.0. The van der Waals surface area contributed by atoms with Crippen molar-refractivity contribution in [3.05, 3.63) is 131 Å². The van der Waals surface area contributed by atoms with E-state index in [1.165, 1.54) is 25.5 Å². The molecule has 1 aromatic heterocycles. The van der Waals surface area contributed by atoms with Crippen molar-refractivity contribution in [2.75, 3.05) is 6.54 Å². The van der Waals surface area contributed by atoms with Crippen molar-refractivity contribution in [2.24, 2.45) is 5.92 Å². The van der Waals surface area contributed by atoms with Crippen molar-refractivity contribution >= 4 is 22.8 Å². The second kappa shape index (κ2) is 17.5. The SMILES string of the molecule is CC(C)(C)NC(=O)[C@H]1CC[C@H]2CCCC[C@H]2N1C[C@@H]1C[C@H](c2ccc(CO)cc2)O[C@H](c2ccc(-c3ccccc3CNC(=O)c3cnc4ccccc4n3)cc2)O1. The van der Waals surface area contributed by atoms with Crippen LogP contribution in [-0.4, -0.2) is 62.1 Å². The molecule has 302 valence electrons. The minimum Gasteiger partial charge on any atom is -0.392 e. The van der Waals surface area contributed by atoms with E-state index < -0.39 is 6.29 Å². The van der Waals surface area contributed by atoms with Crippen molar-refractivity contribution in [3.63, 3.8) is 0 Å². The van der Waals surface area contributed by atoms with Crippen LogP contribution in [0.1, 0.15) is 111 Å². The highest BCUT2D eigenvalue weighted by Crippen LogP contribution is 2.42. The molecule has 4 aromatic carbocycles. The van der Waals surface area contributed by atoms with Crippen LogP contribution in [0.2, 0.25) is 0 Å². The number of carbonyl (C=O) groups is 2. The molecule has 0 bridgehead atoms. The maximum atomic E-state index is 13.9. The molecule has 3 fully saturated rings. The molecular formula is C48H55N5O5. The van der Waals surface area contributed by atoms with Crippen molar-refractivity contribution in [2.45, 2.75) is 115 Å². The predicted molar refractivity (Wildman–Crippen MR) is 224 cm³/mol. The van der Waals surface area contributed by atoms with Gasteiger partial charge in [-0.1, -0.05) is 97.8 Å². The van der Waals surface area contributed by atoms with Crippen LogP contribution < -0.4 is 10.6 Å². The summed E-state index contributed by atoms with van der Waals surface area (Å²) < 4.78 is 13.6. The Kier molecular flexibility index (Phi) is 12.0. The summed E-state index contributed by atoms with van der Waals surface area (Å²) in [5.74, 6) is 0.421. The quantitative estimate of drug-likeness (QED) is 0.130.